The summed E-state index contributed by atoms with van der Waals surface area (Å²) in [6.07, 6.45) is 2.00. The highest BCUT2D eigenvalue weighted by Crippen LogP contribution is 2.35. The zero-order chi connectivity index (χ0) is 30.8. The van der Waals surface area contributed by atoms with E-state index < -0.39 is 28.5 Å². The lowest BCUT2D eigenvalue weighted by Crippen LogP contribution is -2.53. The quantitative estimate of drug-likeness (QED) is 0.271. The third kappa shape index (κ3) is 8.28. The SMILES string of the molecule is CCCCNC(=O)[C@@H](Cc1ccccc1)N(Cc1ccccc1C)C(=O)CN(c1ccc2c(c1)OCCO2)S(=O)(=O)CC. The monoisotopic (exact) mass is 607 g/mol. The second-order valence-corrected chi connectivity index (χ2v) is 12.7. The lowest BCUT2D eigenvalue weighted by molar-refractivity contribution is -0.140. The van der Waals surface area contributed by atoms with Gasteiger partial charge >= 0.3 is 0 Å². The molecule has 0 fully saturated rings. The van der Waals surface area contributed by atoms with E-state index in [9.17, 15) is 18.0 Å². The van der Waals surface area contributed by atoms with Gasteiger partial charge in [-0.2, -0.15) is 0 Å². The molecule has 0 saturated carbocycles. The van der Waals surface area contributed by atoms with Gasteiger partial charge in [-0.05, 0) is 49.1 Å². The molecule has 10 heteroatoms. The Kier molecular flexibility index (Phi) is 11.1. The minimum atomic E-state index is -3.88. The number of hydrogen-bond acceptors (Lipinski definition) is 6. The van der Waals surface area contributed by atoms with Crippen molar-refractivity contribution in [2.45, 2.75) is 52.6 Å². The summed E-state index contributed by atoms with van der Waals surface area (Å²) in [5.74, 6) is -0.0351. The van der Waals surface area contributed by atoms with Gasteiger partial charge in [0, 0.05) is 25.6 Å². The van der Waals surface area contributed by atoms with Crippen molar-refractivity contribution in [3.05, 3.63) is 89.5 Å². The fraction of sp³-hybridized carbons (Fsp3) is 0.394. The summed E-state index contributed by atoms with van der Waals surface area (Å²) >= 11 is 0. The smallest absolute Gasteiger partial charge is 0.244 e. The first-order valence-corrected chi connectivity index (χ1v) is 16.4. The summed E-state index contributed by atoms with van der Waals surface area (Å²) in [6.45, 7) is 6.43. The Hall–Kier alpha value is -4.05. The summed E-state index contributed by atoms with van der Waals surface area (Å²) in [5.41, 5.74) is 3.03. The maximum absolute atomic E-state index is 14.3. The van der Waals surface area contributed by atoms with Crippen molar-refractivity contribution in [2.24, 2.45) is 0 Å². The number of carbonyl (C=O) groups excluding carboxylic acids is 2. The van der Waals surface area contributed by atoms with Crippen molar-refractivity contribution in [2.75, 3.05) is 36.4 Å². The van der Waals surface area contributed by atoms with E-state index in [1.165, 1.54) is 11.8 Å². The highest BCUT2D eigenvalue weighted by atomic mass is 32.2. The number of benzene rings is 3. The summed E-state index contributed by atoms with van der Waals surface area (Å²) in [4.78, 5) is 29.6. The highest BCUT2D eigenvalue weighted by Gasteiger charge is 2.34. The number of aryl methyl sites for hydroxylation is 1. The van der Waals surface area contributed by atoms with E-state index in [1.807, 2.05) is 68.4 Å². The van der Waals surface area contributed by atoms with Gasteiger partial charge in [0.1, 0.15) is 25.8 Å². The van der Waals surface area contributed by atoms with Gasteiger partial charge in [-0.1, -0.05) is 67.9 Å². The zero-order valence-electron chi connectivity index (χ0n) is 25.1. The normalized spacial score (nSPS) is 13.2. The van der Waals surface area contributed by atoms with Crippen molar-refractivity contribution in [3.63, 3.8) is 0 Å². The van der Waals surface area contributed by atoms with Crippen LogP contribution in [0.5, 0.6) is 11.5 Å². The van der Waals surface area contributed by atoms with Crippen LogP contribution >= 0.6 is 0 Å². The number of carbonyl (C=O) groups is 2. The van der Waals surface area contributed by atoms with Gasteiger partial charge in [0.2, 0.25) is 21.8 Å². The predicted octanol–water partition coefficient (Wildman–Crippen LogP) is 4.48. The zero-order valence-corrected chi connectivity index (χ0v) is 25.9. The average Bonchev–Trinajstić information content (AvgIpc) is 3.02. The molecule has 2 amide bonds. The molecule has 43 heavy (non-hydrogen) atoms. The third-order valence-corrected chi connectivity index (χ3v) is 9.24. The maximum Gasteiger partial charge on any atom is 0.244 e. The van der Waals surface area contributed by atoms with Crippen LogP contribution in [0.4, 0.5) is 5.69 Å². The van der Waals surface area contributed by atoms with Crippen LogP contribution in [0.25, 0.3) is 0 Å². The fourth-order valence-electron chi connectivity index (χ4n) is 4.94. The van der Waals surface area contributed by atoms with Crippen LogP contribution in [0.15, 0.2) is 72.8 Å². The number of sulfonamides is 1. The molecule has 4 rings (SSSR count). The number of nitrogens with one attached hydrogen (secondary N) is 1. The summed E-state index contributed by atoms with van der Waals surface area (Å²) in [5, 5.41) is 3.01. The van der Waals surface area contributed by atoms with E-state index in [4.69, 9.17) is 9.47 Å². The number of hydrogen-bond donors (Lipinski definition) is 1. The number of unbranched alkanes of at least 4 members (excludes halogenated alkanes) is 1. The Labute approximate surface area is 254 Å². The molecule has 230 valence electrons. The van der Waals surface area contributed by atoms with Gasteiger partial charge in [0.25, 0.3) is 0 Å². The minimum absolute atomic E-state index is 0.144. The molecule has 0 aliphatic carbocycles. The van der Waals surface area contributed by atoms with E-state index in [1.54, 1.807) is 18.2 Å². The molecule has 3 aromatic rings. The van der Waals surface area contributed by atoms with Gasteiger partial charge in [0.05, 0.1) is 11.4 Å². The molecule has 1 aliphatic heterocycles. The molecule has 1 aliphatic rings. The molecule has 1 heterocycles. The van der Waals surface area contributed by atoms with Crippen LogP contribution in [0.3, 0.4) is 0 Å². The van der Waals surface area contributed by atoms with Crippen molar-refractivity contribution >= 4 is 27.5 Å². The molecule has 0 radical (unpaired) electrons. The lowest BCUT2D eigenvalue weighted by atomic mass is 10.0. The summed E-state index contributed by atoms with van der Waals surface area (Å²) in [6, 6.07) is 21.2. The first-order valence-electron chi connectivity index (χ1n) is 14.8. The van der Waals surface area contributed by atoms with Crippen molar-refractivity contribution in [1.29, 1.82) is 0 Å². The molecule has 9 nitrogen and oxygen atoms in total. The Bertz CT molecular complexity index is 1500. The molecule has 0 saturated heterocycles. The summed E-state index contributed by atoms with van der Waals surface area (Å²) in [7, 11) is -3.88. The van der Waals surface area contributed by atoms with E-state index in [0.29, 0.717) is 36.9 Å². The molecule has 0 spiro atoms. The van der Waals surface area contributed by atoms with Crippen molar-refractivity contribution < 1.29 is 27.5 Å². The van der Waals surface area contributed by atoms with Gasteiger partial charge < -0.3 is 19.7 Å². The summed E-state index contributed by atoms with van der Waals surface area (Å²) < 4.78 is 39.2. The van der Waals surface area contributed by atoms with E-state index in [0.717, 1.165) is 33.8 Å². The molecule has 1 N–H and O–H groups in total. The topological polar surface area (TPSA) is 105 Å². The largest absolute Gasteiger partial charge is 0.486 e. The first kappa shape index (κ1) is 31.9. The van der Waals surface area contributed by atoms with Gasteiger partial charge in [-0.25, -0.2) is 8.42 Å². The molecular formula is C33H41N3O6S. The molecule has 3 aromatic carbocycles. The minimum Gasteiger partial charge on any atom is -0.486 e. The van der Waals surface area contributed by atoms with Crippen LogP contribution in [0.2, 0.25) is 0 Å². The highest BCUT2D eigenvalue weighted by molar-refractivity contribution is 7.92. The van der Waals surface area contributed by atoms with E-state index in [-0.39, 0.29) is 24.6 Å². The second-order valence-electron chi connectivity index (χ2n) is 10.5. The lowest BCUT2D eigenvalue weighted by Gasteiger charge is -2.34. The van der Waals surface area contributed by atoms with E-state index in [2.05, 4.69) is 5.32 Å². The fourth-order valence-corrected chi connectivity index (χ4v) is 5.99. The van der Waals surface area contributed by atoms with Crippen LogP contribution < -0.4 is 19.1 Å². The predicted molar refractivity (Wildman–Crippen MR) is 168 cm³/mol. The van der Waals surface area contributed by atoms with E-state index >= 15 is 0 Å². The number of rotatable bonds is 14. The average molecular weight is 608 g/mol. The molecule has 1 atom stereocenters. The molecule has 0 aromatic heterocycles. The van der Waals surface area contributed by atoms with Crippen molar-refractivity contribution in [3.8, 4) is 11.5 Å². The third-order valence-electron chi connectivity index (χ3n) is 7.50. The van der Waals surface area contributed by atoms with Gasteiger partial charge in [0.15, 0.2) is 11.5 Å². The Morgan fingerprint density at radius 3 is 2.33 bits per heavy atom. The van der Waals surface area contributed by atoms with Crippen LogP contribution in [0, 0.1) is 6.92 Å². The van der Waals surface area contributed by atoms with Gasteiger partial charge in [-0.3, -0.25) is 13.9 Å². The molecule has 0 bridgehead atoms. The number of amides is 2. The maximum atomic E-state index is 14.3. The Morgan fingerprint density at radius 1 is 0.930 bits per heavy atom. The van der Waals surface area contributed by atoms with Crippen LogP contribution in [-0.2, 0) is 32.6 Å². The molecular weight excluding hydrogens is 566 g/mol. The van der Waals surface area contributed by atoms with Crippen LogP contribution in [0.1, 0.15) is 43.4 Å². The number of anilines is 1. The standard InChI is InChI=1S/C33H41N3O6S/c1-4-6-18-34-33(38)29(21-26-13-8-7-9-14-26)35(23-27-15-11-10-12-25(27)3)32(37)24-36(43(39,40)5-2)28-16-17-30-31(22-28)42-20-19-41-30/h7-17,22,29H,4-6,18-21,23-24H2,1-3H3,(H,34,38)/t29-/m1/s1. The molecule has 0 unspecified atom stereocenters. The Morgan fingerprint density at radius 2 is 1.63 bits per heavy atom. The van der Waals surface area contributed by atoms with Crippen molar-refractivity contribution in [1.82, 2.24) is 10.2 Å². The Balaban J connectivity index is 1.74. The van der Waals surface area contributed by atoms with Gasteiger partial charge in [-0.15, -0.1) is 0 Å². The number of fused-ring (bicyclic) bond motifs is 1. The second kappa shape index (κ2) is 14.9. The number of ether oxygens (including phenoxy) is 2. The number of nitrogens with zero attached hydrogens (tertiary/aromatic N) is 2. The first-order chi connectivity index (χ1) is 20.7. The van der Waals surface area contributed by atoms with Crippen LogP contribution in [-0.4, -0.2) is 63.2 Å².